The predicted molar refractivity (Wildman–Crippen MR) is 53.2 cm³/mol. The van der Waals surface area contributed by atoms with Gasteiger partial charge in [0.2, 0.25) is 0 Å². The highest BCUT2D eigenvalue weighted by Gasteiger charge is 2.24. The predicted octanol–water partition coefficient (Wildman–Crippen LogP) is -4.06. The van der Waals surface area contributed by atoms with Gasteiger partial charge in [-0.3, -0.25) is 27.8 Å². The van der Waals surface area contributed by atoms with Crippen molar-refractivity contribution in [1.29, 1.82) is 0 Å². The molecule has 0 amide bonds. The van der Waals surface area contributed by atoms with Crippen molar-refractivity contribution in [2.45, 2.75) is 12.0 Å². The maximum atomic E-state index is 5.51. The zero-order valence-corrected chi connectivity index (χ0v) is 7.79. The molecule has 0 unspecified atom stereocenters. The van der Waals surface area contributed by atoms with Gasteiger partial charge in [-0.2, -0.15) is 0 Å². The third kappa shape index (κ3) is 5.88. The molecule has 7 nitrogen and oxygen atoms in total. The van der Waals surface area contributed by atoms with Gasteiger partial charge in [-0.05, 0) is 0 Å². The fourth-order valence-electron chi connectivity index (χ4n) is 0.881. The van der Waals surface area contributed by atoms with Crippen molar-refractivity contribution in [3.05, 3.63) is 0 Å². The van der Waals surface area contributed by atoms with Crippen LogP contribution in [0.3, 0.4) is 0 Å². The Balaban J connectivity index is 3.88. The topological polar surface area (TPSA) is 154 Å². The maximum absolute atomic E-state index is 5.51. The lowest BCUT2D eigenvalue weighted by Gasteiger charge is -2.31. The van der Waals surface area contributed by atoms with Crippen LogP contribution in [-0.4, -0.2) is 38.1 Å². The van der Waals surface area contributed by atoms with E-state index in [-0.39, 0.29) is 6.17 Å². The van der Waals surface area contributed by atoms with E-state index in [9.17, 15) is 0 Å². The number of hydrogen-bond acceptors (Lipinski definition) is 7. The van der Waals surface area contributed by atoms with Gasteiger partial charge >= 0.3 is 0 Å². The van der Waals surface area contributed by atoms with Crippen molar-refractivity contribution < 1.29 is 0 Å². The van der Waals surface area contributed by atoms with Crippen molar-refractivity contribution in [2.24, 2.45) is 28.7 Å². The van der Waals surface area contributed by atoms with Crippen LogP contribution in [0.1, 0.15) is 0 Å². The van der Waals surface area contributed by atoms with Crippen LogP contribution in [0.5, 0.6) is 0 Å². The zero-order valence-electron chi connectivity index (χ0n) is 7.79. The van der Waals surface area contributed by atoms with Crippen molar-refractivity contribution in [2.75, 3.05) is 26.2 Å². The Kier molecular flexibility index (Phi) is 6.08. The average Bonchev–Trinajstić information content (AvgIpc) is 2.02. The Morgan fingerprint density at radius 3 is 1.54 bits per heavy atom. The van der Waals surface area contributed by atoms with Crippen LogP contribution in [0.2, 0.25) is 0 Å². The lowest BCUT2D eigenvalue weighted by molar-refractivity contribution is 0.267. The van der Waals surface area contributed by atoms with Crippen LogP contribution in [-0.2, 0) is 0 Å². The SMILES string of the molecule is NCCNC(NCCN)C(N)(N)N. The molecule has 0 fully saturated rings. The number of nitrogens with two attached hydrogens (primary N) is 5. The molecule has 0 aliphatic heterocycles. The van der Waals surface area contributed by atoms with E-state index in [0.29, 0.717) is 26.2 Å². The summed E-state index contributed by atoms with van der Waals surface area (Å²) in [6, 6.07) is 0. The molecule has 0 saturated carbocycles. The molecule has 0 spiro atoms. The lowest BCUT2D eigenvalue weighted by Crippen LogP contribution is -2.74. The molecule has 0 aliphatic carbocycles. The Hall–Kier alpha value is -0.280. The Morgan fingerprint density at radius 2 is 1.31 bits per heavy atom. The van der Waals surface area contributed by atoms with Gasteiger partial charge in [0.05, 0.1) is 0 Å². The minimum atomic E-state index is -1.32. The standard InChI is InChI=1S/C6H21N7/c7-1-3-12-5(6(9,10)11)13-4-2-8/h5,12-13H,1-4,7-11H2. The molecule has 0 radical (unpaired) electrons. The monoisotopic (exact) mass is 191 g/mol. The molecule has 0 aliphatic rings. The molecule has 12 N–H and O–H groups in total. The smallest absolute Gasteiger partial charge is 0.145 e. The van der Waals surface area contributed by atoms with E-state index in [0.717, 1.165) is 0 Å². The first-order valence-electron chi connectivity index (χ1n) is 4.26. The van der Waals surface area contributed by atoms with Crippen molar-refractivity contribution in [3.8, 4) is 0 Å². The Morgan fingerprint density at radius 1 is 0.923 bits per heavy atom. The second kappa shape index (κ2) is 6.22. The lowest BCUT2D eigenvalue weighted by atomic mass is 10.3. The van der Waals surface area contributed by atoms with Crippen molar-refractivity contribution in [3.63, 3.8) is 0 Å². The second-order valence-corrected chi connectivity index (χ2v) is 2.92. The molecule has 0 heterocycles. The first kappa shape index (κ1) is 12.7. The summed E-state index contributed by atoms with van der Waals surface area (Å²) in [7, 11) is 0. The number of rotatable bonds is 7. The summed E-state index contributed by atoms with van der Waals surface area (Å²) in [5, 5.41) is 5.96. The minimum absolute atomic E-state index is 0.389. The van der Waals surface area contributed by atoms with Gasteiger partial charge < -0.3 is 11.5 Å². The third-order valence-corrected chi connectivity index (χ3v) is 1.49. The molecule has 0 aromatic heterocycles. The molecule has 13 heavy (non-hydrogen) atoms. The molecule has 0 rings (SSSR count). The van der Waals surface area contributed by atoms with Gasteiger partial charge in [0, 0.05) is 26.2 Å². The van der Waals surface area contributed by atoms with E-state index in [1.807, 2.05) is 0 Å². The van der Waals surface area contributed by atoms with Crippen LogP contribution in [0.4, 0.5) is 0 Å². The van der Waals surface area contributed by atoms with Crippen molar-refractivity contribution in [1.82, 2.24) is 10.6 Å². The van der Waals surface area contributed by atoms with Crippen LogP contribution in [0.25, 0.3) is 0 Å². The molecule has 0 saturated heterocycles. The van der Waals surface area contributed by atoms with E-state index >= 15 is 0 Å². The quantitative estimate of drug-likeness (QED) is 0.202. The van der Waals surface area contributed by atoms with Gasteiger partial charge in [0.15, 0.2) is 0 Å². The van der Waals surface area contributed by atoms with Crippen LogP contribution in [0.15, 0.2) is 0 Å². The minimum Gasteiger partial charge on any atom is -0.329 e. The first-order chi connectivity index (χ1) is 6.02. The first-order valence-corrected chi connectivity index (χ1v) is 4.26. The average molecular weight is 191 g/mol. The van der Waals surface area contributed by atoms with Gasteiger partial charge in [-0.25, -0.2) is 0 Å². The van der Waals surface area contributed by atoms with Gasteiger partial charge in [0.25, 0.3) is 0 Å². The summed E-state index contributed by atoms with van der Waals surface area (Å²) in [6.07, 6.45) is -0.389. The fourth-order valence-corrected chi connectivity index (χ4v) is 0.881. The molecule has 80 valence electrons. The van der Waals surface area contributed by atoms with Crippen LogP contribution < -0.4 is 39.3 Å². The highest BCUT2D eigenvalue weighted by atomic mass is 15.3. The van der Waals surface area contributed by atoms with Crippen molar-refractivity contribution >= 4 is 0 Å². The van der Waals surface area contributed by atoms with Crippen LogP contribution in [0, 0.1) is 0 Å². The highest BCUT2D eigenvalue weighted by Crippen LogP contribution is 1.86. The van der Waals surface area contributed by atoms with E-state index in [4.69, 9.17) is 28.7 Å². The van der Waals surface area contributed by atoms with E-state index < -0.39 is 5.79 Å². The molecule has 0 aromatic rings. The molecular formula is C6H21N7. The summed E-state index contributed by atoms with van der Waals surface area (Å²) in [5.74, 6) is -1.32. The molecule has 0 aromatic carbocycles. The Labute approximate surface area is 78.4 Å². The summed E-state index contributed by atoms with van der Waals surface area (Å²) >= 11 is 0. The summed E-state index contributed by atoms with van der Waals surface area (Å²) in [4.78, 5) is 0. The highest BCUT2D eigenvalue weighted by molar-refractivity contribution is 4.83. The van der Waals surface area contributed by atoms with Gasteiger partial charge in [-0.15, -0.1) is 0 Å². The Bertz CT molecular complexity index is 113. The molecule has 0 bridgehead atoms. The van der Waals surface area contributed by atoms with Gasteiger partial charge in [0.1, 0.15) is 12.0 Å². The molecule has 7 heteroatoms. The summed E-state index contributed by atoms with van der Waals surface area (Å²) < 4.78 is 0. The van der Waals surface area contributed by atoms with E-state index in [1.165, 1.54) is 0 Å². The van der Waals surface area contributed by atoms with Crippen LogP contribution >= 0.6 is 0 Å². The largest absolute Gasteiger partial charge is 0.329 e. The zero-order chi connectivity index (χ0) is 10.3. The third-order valence-electron chi connectivity index (χ3n) is 1.49. The molecular weight excluding hydrogens is 170 g/mol. The second-order valence-electron chi connectivity index (χ2n) is 2.92. The number of nitrogens with one attached hydrogen (secondary N) is 2. The van der Waals surface area contributed by atoms with E-state index in [1.54, 1.807) is 0 Å². The number of hydrogen-bond donors (Lipinski definition) is 7. The van der Waals surface area contributed by atoms with E-state index in [2.05, 4.69) is 10.6 Å². The summed E-state index contributed by atoms with van der Waals surface area (Å²) in [6.45, 7) is 2.18. The molecule has 0 atom stereocenters. The van der Waals surface area contributed by atoms with Gasteiger partial charge in [-0.1, -0.05) is 0 Å². The maximum Gasteiger partial charge on any atom is 0.145 e. The summed E-state index contributed by atoms with van der Waals surface area (Å²) in [5.41, 5.74) is 27.2. The fraction of sp³-hybridized carbons (Fsp3) is 1.00. The normalized spacial score (nSPS) is 12.5.